The van der Waals surface area contributed by atoms with Crippen molar-refractivity contribution in [2.45, 2.75) is 32.6 Å². The Bertz CT molecular complexity index is 575. The fraction of sp³-hybridized carbons (Fsp3) is 0.429. The Morgan fingerprint density at radius 3 is 2.63 bits per heavy atom. The van der Waals surface area contributed by atoms with E-state index in [-0.39, 0.29) is 11.5 Å². The quantitative estimate of drug-likeness (QED) is 0.861. The van der Waals surface area contributed by atoms with Gasteiger partial charge < -0.3 is 5.73 Å². The Labute approximate surface area is 112 Å². The first-order valence-electron chi connectivity index (χ1n) is 6.41. The topological polar surface area (TPSA) is 56.7 Å². The molecule has 0 unspecified atom stereocenters. The van der Waals surface area contributed by atoms with Gasteiger partial charge in [-0.15, -0.1) is 0 Å². The van der Waals surface area contributed by atoms with Crippen LogP contribution in [0.3, 0.4) is 0 Å². The molecule has 1 aromatic carbocycles. The number of nitrogens with zero attached hydrogens (tertiary/aromatic N) is 3. The lowest BCUT2D eigenvalue weighted by molar-refractivity contribution is 0.631. The Hall–Kier alpha value is -1.91. The van der Waals surface area contributed by atoms with Gasteiger partial charge >= 0.3 is 0 Å². The lowest BCUT2D eigenvalue weighted by Gasteiger charge is -2.03. The molecule has 2 N–H and O–H groups in total. The van der Waals surface area contributed by atoms with Gasteiger partial charge in [0.2, 0.25) is 0 Å². The van der Waals surface area contributed by atoms with Crippen LogP contribution < -0.4 is 5.73 Å². The number of aromatic nitrogens is 3. The van der Waals surface area contributed by atoms with Crippen LogP contribution in [0, 0.1) is 5.82 Å². The summed E-state index contributed by atoms with van der Waals surface area (Å²) in [5, 5.41) is 4.37. The Morgan fingerprint density at radius 1 is 1.32 bits per heavy atom. The van der Waals surface area contributed by atoms with E-state index in [9.17, 15) is 4.39 Å². The van der Waals surface area contributed by atoms with Crippen molar-refractivity contribution in [3.8, 4) is 0 Å². The molecule has 0 radical (unpaired) electrons. The summed E-state index contributed by atoms with van der Waals surface area (Å²) in [6, 6.07) is 4.83. The van der Waals surface area contributed by atoms with Crippen molar-refractivity contribution in [2.75, 3.05) is 5.73 Å². The van der Waals surface area contributed by atoms with Crippen LogP contribution in [0.15, 0.2) is 18.2 Å². The minimum Gasteiger partial charge on any atom is -0.396 e. The Morgan fingerprint density at radius 2 is 2.05 bits per heavy atom. The van der Waals surface area contributed by atoms with Gasteiger partial charge in [0.15, 0.2) is 5.82 Å². The van der Waals surface area contributed by atoms with Gasteiger partial charge in [0, 0.05) is 19.4 Å². The summed E-state index contributed by atoms with van der Waals surface area (Å²) in [6.45, 7) is 4.14. The molecule has 0 saturated heterocycles. The van der Waals surface area contributed by atoms with E-state index in [4.69, 9.17) is 5.73 Å². The number of nitrogens with two attached hydrogens (primary N) is 1. The summed E-state index contributed by atoms with van der Waals surface area (Å²) in [7, 11) is 1.90. The van der Waals surface area contributed by atoms with Gasteiger partial charge in [0.05, 0.1) is 5.69 Å². The molecule has 0 saturated carbocycles. The first kappa shape index (κ1) is 13.5. The van der Waals surface area contributed by atoms with Crippen LogP contribution in [0.2, 0.25) is 0 Å². The zero-order chi connectivity index (χ0) is 14.0. The average molecular weight is 262 g/mol. The number of rotatable bonds is 4. The third-order valence-electron chi connectivity index (χ3n) is 3.08. The van der Waals surface area contributed by atoms with Crippen molar-refractivity contribution >= 4 is 5.69 Å². The third kappa shape index (κ3) is 3.10. The van der Waals surface area contributed by atoms with Gasteiger partial charge in [0.25, 0.3) is 0 Å². The van der Waals surface area contributed by atoms with Crippen molar-refractivity contribution in [2.24, 2.45) is 7.05 Å². The van der Waals surface area contributed by atoms with Crippen LogP contribution in [0.25, 0.3) is 0 Å². The molecule has 1 heterocycles. The van der Waals surface area contributed by atoms with Crippen LogP contribution in [0.5, 0.6) is 0 Å². The summed E-state index contributed by atoms with van der Waals surface area (Å²) >= 11 is 0. The minimum atomic E-state index is -0.371. The average Bonchev–Trinajstić information content (AvgIpc) is 2.73. The van der Waals surface area contributed by atoms with E-state index >= 15 is 0 Å². The number of aryl methyl sites for hydroxylation is 3. The van der Waals surface area contributed by atoms with Crippen molar-refractivity contribution in [1.82, 2.24) is 14.8 Å². The molecule has 2 aromatic rings. The zero-order valence-corrected chi connectivity index (χ0v) is 11.5. The second-order valence-electron chi connectivity index (χ2n) is 5.02. The highest BCUT2D eigenvalue weighted by Crippen LogP contribution is 2.15. The molecule has 4 nitrogen and oxygen atoms in total. The molecular weight excluding hydrogens is 243 g/mol. The SMILES string of the molecule is CC(C)c1nc(CCc2ccc(F)c(N)c2)n(C)n1. The Balaban J connectivity index is 2.07. The van der Waals surface area contributed by atoms with Gasteiger partial charge in [-0.25, -0.2) is 9.37 Å². The highest BCUT2D eigenvalue weighted by atomic mass is 19.1. The van der Waals surface area contributed by atoms with Crippen molar-refractivity contribution < 1.29 is 4.39 Å². The molecule has 0 atom stereocenters. The van der Waals surface area contributed by atoms with E-state index in [1.807, 2.05) is 11.7 Å². The first-order valence-corrected chi connectivity index (χ1v) is 6.41. The fourth-order valence-corrected chi connectivity index (χ4v) is 1.91. The monoisotopic (exact) mass is 262 g/mol. The van der Waals surface area contributed by atoms with Gasteiger partial charge in [-0.05, 0) is 24.1 Å². The van der Waals surface area contributed by atoms with Crippen molar-refractivity contribution in [3.05, 3.63) is 41.2 Å². The molecule has 2 rings (SSSR count). The molecule has 0 fully saturated rings. The van der Waals surface area contributed by atoms with E-state index < -0.39 is 0 Å². The molecule has 0 aliphatic heterocycles. The van der Waals surface area contributed by atoms with Crippen LogP contribution in [-0.2, 0) is 19.9 Å². The lowest BCUT2D eigenvalue weighted by atomic mass is 10.1. The molecule has 0 aliphatic carbocycles. The standard InChI is InChI=1S/C14H19FN4/c1-9(2)14-17-13(19(3)18-14)7-5-10-4-6-11(15)12(16)8-10/h4,6,8-9H,5,7,16H2,1-3H3. The molecule has 0 spiro atoms. The maximum atomic E-state index is 13.1. The van der Waals surface area contributed by atoms with Crippen LogP contribution in [-0.4, -0.2) is 14.8 Å². The Kier molecular flexibility index (Phi) is 3.83. The number of nitrogen functional groups attached to an aromatic ring is 1. The fourth-order valence-electron chi connectivity index (χ4n) is 1.91. The summed E-state index contributed by atoms with van der Waals surface area (Å²) in [4.78, 5) is 4.51. The molecular formula is C14H19FN4. The zero-order valence-electron chi connectivity index (χ0n) is 11.5. The maximum absolute atomic E-state index is 13.1. The van der Waals surface area contributed by atoms with E-state index in [2.05, 4.69) is 23.9 Å². The molecule has 5 heteroatoms. The molecule has 19 heavy (non-hydrogen) atoms. The van der Waals surface area contributed by atoms with E-state index in [0.717, 1.165) is 30.1 Å². The van der Waals surface area contributed by atoms with Crippen molar-refractivity contribution in [3.63, 3.8) is 0 Å². The summed E-state index contributed by atoms with van der Waals surface area (Å²) in [5.74, 6) is 1.74. The van der Waals surface area contributed by atoms with Gasteiger partial charge in [0.1, 0.15) is 11.6 Å². The summed E-state index contributed by atoms with van der Waals surface area (Å²) in [5.41, 5.74) is 6.76. The molecule has 102 valence electrons. The summed E-state index contributed by atoms with van der Waals surface area (Å²) in [6.07, 6.45) is 1.54. The van der Waals surface area contributed by atoms with E-state index in [0.29, 0.717) is 5.92 Å². The molecule has 0 bridgehead atoms. The van der Waals surface area contributed by atoms with Crippen LogP contribution in [0.1, 0.15) is 37.0 Å². The van der Waals surface area contributed by atoms with Crippen LogP contribution >= 0.6 is 0 Å². The van der Waals surface area contributed by atoms with Gasteiger partial charge in [-0.3, -0.25) is 4.68 Å². The smallest absolute Gasteiger partial charge is 0.153 e. The highest BCUT2D eigenvalue weighted by Gasteiger charge is 2.10. The second kappa shape index (κ2) is 5.38. The molecule has 0 amide bonds. The molecule has 0 aliphatic rings. The number of hydrogen-bond acceptors (Lipinski definition) is 3. The largest absolute Gasteiger partial charge is 0.396 e. The van der Waals surface area contributed by atoms with Gasteiger partial charge in [-0.1, -0.05) is 19.9 Å². The number of benzene rings is 1. The minimum absolute atomic E-state index is 0.193. The van der Waals surface area contributed by atoms with Gasteiger partial charge in [-0.2, -0.15) is 5.10 Å². The molecule has 1 aromatic heterocycles. The predicted molar refractivity (Wildman–Crippen MR) is 73.3 cm³/mol. The highest BCUT2D eigenvalue weighted by molar-refractivity contribution is 5.42. The van der Waals surface area contributed by atoms with E-state index in [1.54, 1.807) is 12.1 Å². The van der Waals surface area contributed by atoms with E-state index in [1.165, 1.54) is 6.07 Å². The predicted octanol–water partition coefficient (Wildman–Crippen LogP) is 2.45. The normalized spacial score (nSPS) is 11.2. The first-order chi connectivity index (χ1) is 8.97. The second-order valence-corrected chi connectivity index (χ2v) is 5.02. The van der Waals surface area contributed by atoms with Crippen molar-refractivity contribution in [1.29, 1.82) is 0 Å². The number of anilines is 1. The maximum Gasteiger partial charge on any atom is 0.153 e. The lowest BCUT2D eigenvalue weighted by Crippen LogP contribution is -2.02. The third-order valence-corrected chi connectivity index (χ3v) is 3.08. The van der Waals surface area contributed by atoms with Crippen LogP contribution in [0.4, 0.5) is 10.1 Å². The number of halogens is 1. The summed E-state index contributed by atoms with van der Waals surface area (Å²) < 4.78 is 14.9. The number of hydrogen-bond donors (Lipinski definition) is 1.